The molecule has 1 aliphatic carbocycles. The maximum atomic E-state index is 12.9. The van der Waals surface area contributed by atoms with Gasteiger partial charge in [0.15, 0.2) is 0 Å². The SMILES string of the molecule is CCOc1ccccc1[C@H]1NC(=O)NC(CN2CCN(C3CCCCC3)CC2)=C1C(=O)OC. The summed E-state index contributed by atoms with van der Waals surface area (Å²) in [6, 6.07) is 7.25. The Hall–Kier alpha value is -2.58. The quantitative estimate of drug-likeness (QED) is 0.614. The number of hydrogen-bond acceptors (Lipinski definition) is 6. The molecule has 1 saturated carbocycles. The lowest BCUT2D eigenvalue weighted by molar-refractivity contribution is -0.136. The standard InChI is InChI=1S/C25H36N4O4/c1-3-33-21-12-8-7-11-19(21)23-22(24(30)32-2)20(26-25(31)27-23)17-28-13-15-29(16-14-28)18-9-5-4-6-10-18/h7-8,11-12,18,23H,3-6,9-10,13-17H2,1-2H3,(H2,26,27,31)/t23-/m1/s1. The van der Waals surface area contributed by atoms with Gasteiger partial charge in [0, 0.05) is 50.0 Å². The number of carbonyl (C=O) groups excluding carboxylic acids is 2. The molecule has 2 fully saturated rings. The summed E-state index contributed by atoms with van der Waals surface area (Å²) in [5, 5.41) is 5.79. The number of para-hydroxylation sites is 1. The molecule has 1 saturated heterocycles. The van der Waals surface area contributed by atoms with Crippen molar-refractivity contribution in [3.05, 3.63) is 41.1 Å². The summed E-state index contributed by atoms with van der Waals surface area (Å²) in [7, 11) is 1.37. The van der Waals surface area contributed by atoms with Crippen molar-refractivity contribution in [3.63, 3.8) is 0 Å². The smallest absolute Gasteiger partial charge is 0.338 e. The van der Waals surface area contributed by atoms with E-state index in [1.165, 1.54) is 39.2 Å². The molecule has 4 rings (SSSR count). The Bertz CT molecular complexity index is 873. The van der Waals surface area contributed by atoms with Crippen molar-refractivity contribution < 1.29 is 19.1 Å². The topological polar surface area (TPSA) is 83.1 Å². The van der Waals surface area contributed by atoms with Gasteiger partial charge in [-0.3, -0.25) is 9.80 Å². The molecule has 33 heavy (non-hydrogen) atoms. The molecule has 1 atom stereocenters. The number of nitrogens with one attached hydrogen (secondary N) is 2. The molecule has 2 aliphatic heterocycles. The van der Waals surface area contributed by atoms with Crippen LogP contribution in [0.5, 0.6) is 5.75 Å². The summed E-state index contributed by atoms with van der Waals surface area (Å²) < 4.78 is 10.9. The highest BCUT2D eigenvalue weighted by molar-refractivity contribution is 5.95. The highest BCUT2D eigenvalue weighted by atomic mass is 16.5. The van der Waals surface area contributed by atoms with Gasteiger partial charge in [0.1, 0.15) is 5.75 Å². The van der Waals surface area contributed by atoms with E-state index < -0.39 is 12.0 Å². The Morgan fingerprint density at radius 1 is 1.09 bits per heavy atom. The van der Waals surface area contributed by atoms with Crippen LogP contribution in [-0.4, -0.2) is 74.3 Å². The summed E-state index contributed by atoms with van der Waals surface area (Å²) in [6.45, 7) is 6.78. The fourth-order valence-corrected chi connectivity index (χ4v) is 5.29. The van der Waals surface area contributed by atoms with E-state index in [0.29, 0.717) is 36.2 Å². The van der Waals surface area contributed by atoms with Gasteiger partial charge in [0.2, 0.25) is 0 Å². The predicted molar refractivity (Wildman–Crippen MR) is 126 cm³/mol. The number of amides is 2. The molecule has 0 radical (unpaired) electrons. The van der Waals surface area contributed by atoms with Crippen LogP contribution in [-0.2, 0) is 9.53 Å². The first-order valence-corrected chi connectivity index (χ1v) is 12.2. The lowest BCUT2D eigenvalue weighted by Crippen LogP contribution is -2.53. The number of hydrogen-bond donors (Lipinski definition) is 2. The number of urea groups is 1. The zero-order valence-corrected chi connectivity index (χ0v) is 19.8. The van der Waals surface area contributed by atoms with Gasteiger partial charge < -0.3 is 20.1 Å². The van der Waals surface area contributed by atoms with Crippen LogP contribution < -0.4 is 15.4 Å². The van der Waals surface area contributed by atoms with Gasteiger partial charge in [-0.25, -0.2) is 9.59 Å². The third kappa shape index (κ3) is 5.50. The first-order valence-electron chi connectivity index (χ1n) is 12.2. The Labute approximate surface area is 196 Å². The lowest BCUT2D eigenvalue weighted by atomic mass is 9.93. The highest BCUT2D eigenvalue weighted by Gasteiger charge is 2.36. The number of carbonyl (C=O) groups is 2. The van der Waals surface area contributed by atoms with Crippen LogP contribution in [0.3, 0.4) is 0 Å². The second-order valence-electron chi connectivity index (χ2n) is 8.99. The van der Waals surface area contributed by atoms with E-state index in [1.807, 2.05) is 31.2 Å². The van der Waals surface area contributed by atoms with E-state index in [4.69, 9.17) is 9.47 Å². The zero-order valence-electron chi connectivity index (χ0n) is 19.8. The normalized spacial score (nSPS) is 23.1. The molecule has 0 aromatic heterocycles. The molecule has 0 spiro atoms. The second kappa shape index (κ2) is 11.0. The van der Waals surface area contributed by atoms with Crippen LogP contribution >= 0.6 is 0 Å². The van der Waals surface area contributed by atoms with Gasteiger partial charge in [0.25, 0.3) is 0 Å². The summed E-state index contributed by atoms with van der Waals surface area (Å²) >= 11 is 0. The number of benzene rings is 1. The number of methoxy groups -OCH3 is 1. The first-order chi connectivity index (χ1) is 16.1. The fraction of sp³-hybridized carbons (Fsp3) is 0.600. The Morgan fingerprint density at radius 2 is 1.82 bits per heavy atom. The van der Waals surface area contributed by atoms with E-state index in [0.717, 1.165) is 31.7 Å². The average Bonchev–Trinajstić information content (AvgIpc) is 2.85. The van der Waals surface area contributed by atoms with Crippen LogP contribution in [0.2, 0.25) is 0 Å². The number of esters is 1. The van der Waals surface area contributed by atoms with E-state index in [2.05, 4.69) is 20.4 Å². The fourth-order valence-electron chi connectivity index (χ4n) is 5.29. The van der Waals surface area contributed by atoms with Gasteiger partial charge >= 0.3 is 12.0 Å². The number of ether oxygens (including phenoxy) is 2. The number of rotatable bonds is 7. The monoisotopic (exact) mass is 456 g/mol. The molecule has 1 aromatic rings. The molecule has 2 heterocycles. The zero-order chi connectivity index (χ0) is 23.2. The number of piperazine rings is 1. The molecule has 2 amide bonds. The number of nitrogens with zero attached hydrogens (tertiary/aromatic N) is 2. The van der Waals surface area contributed by atoms with Crippen LogP contribution in [0.4, 0.5) is 4.79 Å². The molecular weight excluding hydrogens is 420 g/mol. The molecule has 0 bridgehead atoms. The molecule has 180 valence electrons. The van der Waals surface area contributed by atoms with Crippen molar-refractivity contribution in [2.45, 2.75) is 51.1 Å². The minimum Gasteiger partial charge on any atom is -0.494 e. The summed E-state index contributed by atoms with van der Waals surface area (Å²) in [4.78, 5) is 30.4. The van der Waals surface area contributed by atoms with Crippen LogP contribution in [0.25, 0.3) is 0 Å². The van der Waals surface area contributed by atoms with E-state index >= 15 is 0 Å². The summed E-state index contributed by atoms with van der Waals surface area (Å²) in [5.74, 6) is 0.198. The Morgan fingerprint density at radius 3 is 2.52 bits per heavy atom. The third-order valence-electron chi connectivity index (χ3n) is 6.97. The minimum absolute atomic E-state index is 0.324. The highest BCUT2D eigenvalue weighted by Crippen LogP contribution is 2.34. The van der Waals surface area contributed by atoms with E-state index in [-0.39, 0.29) is 6.03 Å². The third-order valence-corrected chi connectivity index (χ3v) is 6.97. The van der Waals surface area contributed by atoms with Gasteiger partial charge in [-0.15, -0.1) is 0 Å². The van der Waals surface area contributed by atoms with Crippen molar-refractivity contribution in [2.75, 3.05) is 46.4 Å². The largest absolute Gasteiger partial charge is 0.494 e. The average molecular weight is 457 g/mol. The molecule has 8 heteroatoms. The summed E-state index contributed by atoms with van der Waals surface area (Å²) in [6.07, 6.45) is 6.65. The summed E-state index contributed by atoms with van der Waals surface area (Å²) in [5.41, 5.74) is 1.78. The van der Waals surface area contributed by atoms with Crippen LogP contribution in [0.15, 0.2) is 35.5 Å². The Kier molecular flexibility index (Phi) is 7.88. The first kappa shape index (κ1) is 23.6. The van der Waals surface area contributed by atoms with Crippen molar-refractivity contribution in [1.29, 1.82) is 0 Å². The van der Waals surface area contributed by atoms with Gasteiger partial charge in [-0.05, 0) is 25.8 Å². The maximum absolute atomic E-state index is 12.9. The molecule has 3 aliphatic rings. The maximum Gasteiger partial charge on any atom is 0.338 e. The van der Waals surface area contributed by atoms with Gasteiger partial charge in [0.05, 0.1) is 25.3 Å². The van der Waals surface area contributed by atoms with Crippen molar-refractivity contribution >= 4 is 12.0 Å². The minimum atomic E-state index is -0.632. The van der Waals surface area contributed by atoms with Crippen molar-refractivity contribution in [2.24, 2.45) is 0 Å². The Balaban J connectivity index is 1.54. The van der Waals surface area contributed by atoms with Crippen molar-refractivity contribution in [1.82, 2.24) is 20.4 Å². The molecule has 0 unspecified atom stereocenters. The van der Waals surface area contributed by atoms with Gasteiger partial charge in [-0.2, -0.15) is 0 Å². The van der Waals surface area contributed by atoms with Crippen LogP contribution in [0.1, 0.15) is 50.6 Å². The van der Waals surface area contributed by atoms with Crippen LogP contribution in [0, 0.1) is 0 Å². The molecular formula is C25H36N4O4. The molecule has 8 nitrogen and oxygen atoms in total. The predicted octanol–water partition coefficient (Wildman–Crippen LogP) is 2.82. The van der Waals surface area contributed by atoms with Crippen molar-refractivity contribution in [3.8, 4) is 5.75 Å². The van der Waals surface area contributed by atoms with E-state index in [1.54, 1.807) is 0 Å². The van der Waals surface area contributed by atoms with Gasteiger partial charge in [-0.1, -0.05) is 37.5 Å². The molecule has 2 N–H and O–H groups in total. The second-order valence-corrected chi connectivity index (χ2v) is 8.99. The molecule has 1 aromatic carbocycles. The lowest BCUT2D eigenvalue weighted by Gasteiger charge is -2.41. The van der Waals surface area contributed by atoms with E-state index in [9.17, 15) is 9.59 Å².